The molecule has 2 aromatic heterocycles. The standard InChI is InChI=1S/C22H15N3OS/c1-12-4-16(26)6-19-17(12)7-18(22(19)20-11-27-10-15(20)8-23)13-2-3-21-14(5-13)9-24-25-21/h2-7,9-11,22,26H,1H3,(H,24,25). The number of phenolic OH excluding ortho intramolecular Hbond substituents is 1. The Bertz CT molecular complexity index is 1270. The first-order valence-corrected chi connectivity index (χ1v) is 9.55. The number of thiophene rings is 1. The number of allylic oxidation sites excluding steroid dienone is 1. The van der Waals surface area contributed by atoms with Crippen molar-refractivity contribution in [2.75, 3.05) is 0 Å². The summed E-state index contributed by atoms with van der Waals surface area (Å²) in [4.78, 5) is 0. The molecule has 5 heteroatoms. The zero-order chi connectivity index (χ0) is 18.5. The first-order chi connectivity index (χ1) is 13.2. The van der Waals surface area contributed by atoms with Gasteiger partial charge in [0, 0.05) is 16.7 Å². The zero-order valence-electron chi connectivity index (χ0n) is 14.5. The Morgan fingerprint density at radius 2 is 2.07 bits per heavy atom. The number of aromatic hydroxyl groups is 1. The number of hydrogen-bond acceptors (Lipinski definition) is 4. The molecule has 1 aliphatic rings. The minimum atomic E-state index is -0.0731. The van der Waals surface area contributed by atoms with E-state index in [4.69, 9.17) is 0 Å². The van der Waals surface area contributed by atoms with Gasteiger partial charge < -0.3 is 5.11 Å². The molecule has 1 unspecified atom stereocenters. The summed E-state index contributed by atoms with van der Waals surface area (Å²) in [6, 6.07) is 12.2. The summed E-state index contributed by atoms with van der Waals surface area (Å²) in [6.45, 7) is 2.01. The van der Waals surface area contributed by atoms with Gasteiger partial charge in [0.25, 0.3) is 0 Å². The third-order valence-corrected chi connectivity index (χ3v) is 5.98. The lowest BCUT2D eigenvalue weighted by molar-refractivity contribution is 0.474. The molecule has 1 atom stereocenters. The lowest BCUT2D eigenvalue weighted by Crippen LogP contribution is -2.02. The van der Waals surface area contributed by atoms with Crippen LogP contribution in [0.1, 0.15) is 39.3 Å². The van der Waals surface area contributed by atoms with Crippen molar-refractivity contribution in [3.05, 3.63) is 80.7 Å². The molecule has 0 radical (unpaired) electrons. The summed E-state index contributed by atoms with van der Waals surface area (Å²) in [5, 5.41) is 31.8. The first-order valence-electron chi connectivity index (χ1n) is 8.60. The first kappa shape index (κ1) is 15.9. The molecule has 130 valence electrons. The third-order valence-electron chi connectivity index (χ3n) is 5.22. The molecule has 1 aliphatic carbocycles. The minimum absolute atomic E-state index is 0.0731. The predicted octanol–water partition coefficient (Wildman–Crippen LogP) is 5.20. The topological polar surface area (TPSA) is 72.7 Å². The van der Waals surface area contributed by atoms with Gasteiger partial charge in [-0.3, -0.25) is 5.10 Å². The van der Waals surface area contributed by atoms with E-state index in [1.165, 1.54) is 11.3 Å². The Hall–Kier alpha value is -3.36. The zero-order valence-corrected chi connectivity index (χ0v) is 15.3. The molecule has 4 aromatic rings. The van der Waals surface area contributed by atoms with Crippen molar-refractivity contribution in [1.29, 1.82) is 5.26 Å². The van der Waals surface area contributed by atoms with Crippen molar-refractivity contribution >= 4 is 33.9 Å². The van der Waals surface area contributed by atoms with Crippen molar-refractivity contribution in [3.8, 4) is 11.8 Å². The molecule has 27 heavy (non-hydrogen) atoms. The minimum Gasteiger partial charge on any atom is -0.508 e. The highest BCUT2D eigenvalue weighted by Crippen LogP contribution is 2.49. The fourth-order valence-electron chi connectivity index (χ4n) is 3.98. The van der Waals surface area contributed by atoms with E-state index in [9.17, 15) is 10.4 Å². The quantitative estimate of drug-likeness (QED) is 0.510. The maximum absolute atomic E-state index is 10.2. The van der Waals surface area contributed by atoms with E-state index in [1.807, 2.05) is 36.0 Å². The summed E-state index contributed by atoms with van der Waals surface area (Å²) >= 11 is 1.53. The van der Waals surface area contributed by atoms with Gasteiger partial charge in [-0.05, 0) is 76.0 Å². The number of hydrogen-bond donors (Lipinski definition) is 2. The Kier molecular flexibility index (Phi) is 3.43. The van der Waals surface area contributed by atoms with Crippen molar-refractivity contribution in [1.82, 2.24) is 10.2 Å². The fraction of sp³-hybridized carbons (Fsp3) is 0.0909. The average molecular weight is 369 g/mol. The number of nitriles is 1. The van der Waals surface area contributed by atoms with Gasteiger partial charge in [-0.1, -0.05) is 6.07 Å². The molecule has 0 aliphatic heterocycles. The highest BCUT2D eigenvalue weighted by Gasteiger charge is 2.31. The summed E-state index contributed by atoms with van der Waals surface area (Å²) in [6.07, 6.45) is 4.01. The Morgan fingerprint density at radius 1 is 1.19 bits per heavy atom. The van der Waals surface area contributed by atoms with E-state index in [0.29, 0.717) is 5.56 Å². The van der Waals surface area contributed by atoms with Gasteiger partial charge in [-0.2, -0.15) is 21.7 Å². The van der Waals surface area contributed by atoms with Crippen LogP contribution in [0.2, 0.25) is 0 Å². The maximum atomic E-state index is 10.2. The molecule has 2 N–H and O–H groups in total. The lowest BCUT2D eigenvalue weighted by Gasteiger charge is -2.18. The Morgan fingerprint density at radius 3 is 2.93 bits per heavy atom. The summed E-state index contributed by atoms with van der Waals surface area (Å²) < 4.78 is 0. The normalized spacial score (nSPS) is 15.6. The number of aryl methyl sites for hydroxylation is 1. The summed E-state index contributed by atoms with van der Waals surface area (Å²) in [7, 11) is 0. The SMILES string of the molecule is Cc1cc(O)cc2c1C=C(c1ccc3[nH]ncc3c1)C2c1cscc1C#N. The second-order valence-corrected chi connectivity index (χ2v) is 7.57. The number of phenols is 1. The van der Waals surface area contributed by atoms with Gasteiger partial charge in [-0.25, -0.2) is 0 Å². The van der Waals surface area contributed by atoms with Gasteiger partial charge >= 0.3 is 0 Å². The van der Waals surface area contributed by atoms with Crippen LogP contribution >= 0.6 is 11.3 Å². The van der Waals surface area contributed by atoms with Crippen LogP contribution in [-0.2, 0) is 0 Å². The van der Waals surface area contributed by atoms with Gasteiger partial charge in [0.1, 0.15) is 11.8 Å². The number of fused-ring (bicyclic) bond motifs is 2. The average Bonchev–Trinajstić information content (AvgIpc) is 3.37. The summed E-state index contributed by atoms with van der Waals surface area (Å²) in [5.74, 6) is 0.181. The van der Waals surface area contributed by atoms with E-state index >= 15 is 0 Å². The van der Waals surface area contributed by atoms with Crippen LogP contribution in [0.25, 0.3) is 22.6 Å². The number of rotatable bonds is 2. The van der Waals surface area contributed by atoms with Gasteiger partial charge in [0.2, 0.25) is 0 Å². The van der Waals surface area contributed by atoms with E-state index in [-0.39, 0.29) is 11.7 Å². The van der Waals surface area contributed by atoms with E-state index in [0.717, 1.165) is 44.3 Å². The molecular weight excluding hydrogens is 354 g/mol. The Balaban J connectivity index is 1.77. The molecule has 0 bridgehead atoms. The number of aromatic amines is 1. The smallest absolute Gasteiger partial charge is 0.116 e. The molecule has 4 nitrogen and oxygen atoms in total. The largest absolute Gasteiger partial charge is 0.508 e. The molecule has 0 amide bonds. The number of H-pyrrole nitrogens is 1. The van der Waals surface area contributed by atoms with Crippen LogP contribution in [0.4, 0.5) is 0 Å². The number of nitrogens with zero attached hydrogens (tertiary/aromatic N) is 2. The van der Waals surface area contributed by atoms with E-state index in [1.54, 1.807) is 6.07 Å². The number of benzene rings is 2. The molecule has 2 aromatic carbocycles. The molecular formula is C22H15N3OS. The Labute approximate surface area is 160 Å². The molecule has 0 saturated carbocycles. The van der Waals surface area contributed by atoms with Crippen molar-refractivity contribution in [2.45, 2.75) is 12.8 Å². The highest BCUT2D eigenvalue weighted by molar-refractivity contribution is 7.08. The molecule has 0 spiro atoms. The maximum Gasteiger partial charge on any atom is 0.116 e. The monoisotopic (exact) mass is 369 g/mol. The van der Waals surface area contributed by atoms with Crippen LogP contribution in [0.3, 0.4) is 0 Å². The predicted molar refractivity (Wildman–Crippen MR) is 108 cm³/mol. The van der Waals surface area contributed by atoms with Crippen LogP contribution in [0, 0.1) is 18.3 Å². The van der Waals surface area contributed by atoms with Crippen molar-refractivity contribution < 1.29 is 5.11 Å². The summed E-state index contributed by atoms with van der Waals surface area (Å²) in [5.41, 5.74) is 8.10. The fourth-order valence-corrected chi connectivity index (χ4v) is 4.78. The van der Waals surface area contributed by atoms with Crippen molar-refractivity contribution in [3.63, 3.8) is 0 Å². The molecule has 0 saturated heterocycles. The second-order valence-electron chi connectivity index (χ2n) is 6.82. The molecule has 0 fully saturated rings. The third kappa shape index (κ3) is 2.38. The van der Waals surface area contributed by atoms with E-state index in [2.05, 4.69) is 34.5 Å². The molecule has 5 rings (SSSR count). The van der Waals surface area contributed by atoms with Crippen molar-refractivity contribution in [2.24, 2.45) is 0 Å². The number of aromatic nitrogens is 2. The number of nitrogens with one attached hydrogen (secondary N) is 1. The van der Waals surface area contributed by atoms with E-state index < -0.39 is 0 Å². The van der Waals surface area contributed by atoms with Crippen LogP contribution in [0.5, 0.6) is 5.75 Å². The van der Waals surface area contributed by atoms with Gasteiger partial charge in [0.05, 0.1) is 17.3 Å². The second kappa shape index (κ2) is 5.83. The lowest BCUT2D eigenvalue weighted by atomic mass is 9.84. The molecule has 2 heterocycles. The van der Waals surface area contributed by atoms with Crippen LogP contribution in [0.15, 0.2) is 47.3 Å². The highest BCUT2D eigenvalue weighted by atomic mass is 32.1. The van der Waals surface area contributed by atoms with Crippen LogP contribution < -0.4 is 0 Å². The van der Waals surface area contributed by atoms with Gasteiger partial charge in [-0.15, -0.1) is 0 Å². The van der Waals surface area contributed by atoms with Crippen LogP contribution in [-0.4, -0.2) is 15.3 Å². The van der Waals surface area contributed by atoms with Gasteiger partial charge in [0.15, 0.2) is 0 Å².